The molecule has 4 heteroatoms. The van der Waals surface area contributed by atoms with E-state index in [1.54, 1.807) is 24.5 Å². The second-order valence-electron chi connectivity index (χ2n) is 6.11. The molecular formula is C21H16N2O2. The number of rotatable bonds is 3. The smallest absolute Gasteiger partial charge is 0.251 e. The molecule has 1 aliphatic rings. The van der Waals surface area contributed by atoms with Crippen LogP contribution in [0.1, 0.15) is 44.8 Å². The number of ketones is 1. The van der Waals surface area contributed by atoms with Gasteiger partial charge in [-0.2, -0.15) is 0 Å². The van der Waals surface area contributed by atoms with Gasteiger partial charge in [-0.1, -0.05) is 30.3 Å². The van der Waals surface area contributed by atoms with Gasteiger partial charge in [-0.25, -0.2) is 0 Å². The molecule has 1 aromatic heterocycles. The summed E-state index contributed by atoms with van der Waals surface area (Å²) in [7, 11) is 0. The van der Waals surface area contributed by atoms with Crippen molar-refractivity contribution in [2.45, 2.75) is 13.0 Å². The number of carbonyl (C=O) groups is 2. The maximum Gasteiger partial charge on any atom is 0.251 e. The standard InChI is InChI=1S/C21H16N2O2/c1-13(14-8-10-22-11-9-14)23-21(25)15-6-7-17-16-4-2-3-5-18(16)20(24)19(17)12-15/h2-13H,1H3,(H,23,25). The number of pyridine rings is 1. The van der Waals surface area contributed by atoms with Gasteiger partial charge >= 0.3 is 0 Å². The van der Waals surface area contributed by atoms with Crippen LogP contribution in [0.3, 0.4) is 0 Å². The lowest BCUT2D eigenvalue weighted by atomic mass is 10.0. The third-order valence-corrected chi connectivity index (χ3v) is 4.54. The molecule has 1 heterocycles. The van der Waals surface area contributed by atoms with E-state index < -0.39 is 0 Å². The lowest BCUT2D eigenvalue weighted by molar-refractivity contribution is 0.0940. The van der Waals surface area contributed by atoms with Crippen molar-refractivity contribution in [1.29, 1.82) is 0 Å². The van der Waals surface area contributed by atoms with E-state index in [4.69, 9.17) is 0 Å². The Kier molecular flexibility index (Phi) is 3.65. The fourth-order valence-corrected chi connectivity index (χ4v) is 3.18. The van der Waals surface area contributed by atoms with Crippen LogP contribution in [0.5, 0.6) is 0 Å². The first kappa shape index (κ1) is 15.3. The van der Waals surface area contributed by atoms with Crippen LogP contribution in [0.4, 0.5) is 0 Å². The minimum absolute atomic E-state index is 0.0255. The molecule has 0 radical (unpaired) electrons. The zero-order chi connectivity index (χ0) is 17.4. The third-order valence-electron chi connectivity index (χ3n) is 4.54. The van der Waals surface area contributed by atoms with Crippen LogP contribution >= 0.6 is 0 Å². The van der Waals surface area contributed by atoms with Crippen molar-refractivity contribution >= 4 is 11.7 Å². The molecule has 0 saturated heterocycles. The molecule has 1 unspecified atom stereocenters. The summed E-state index contributed by atoms with van der Waals surface area (Å²) in [6, 6.07) is 16.4. The number of benzene rings is 2. The maximum absolute atomic E-state index is 12.6. The Labute approximate surface area is 145 Å². The first-order valence-electron chi connectivity index (χ1n) is 8.14. The predicted molar refractivity (Wildman–Crippen MR) is 95.4 cm³/mol. The van der Waals surface area contributed by atoms with Crippen LogP contribution in [-0.2, 0) is 0 Å². The Hall–Kier alpha value is -3.27. The van der Waals surface area contributed by atoms with Crippen molar-refractivity contribution in [1.82, 2.24) is 10.3 Å². The largest absolute Gasteiger partial charge is 0.346 e. The van der Waals surface area contributed by atoms with Crippen molar-refractivity contribution in [3.8, 4) is 11.1 Å². The fourth-order valence-electron chi connectivity index (χ4n) is 3.18. The Morgan fingerprint density at radius 1 is 0.920 bits per heavy atom. The van der Waals surface area contributed by atoms with Crippen molar-refractivity contribution in [3.05, 3.63) is 89.2 Å². The molecule has 2 aromatic carbocycles. The summed E-state index contributed by atoms with van der Waals surface area (Å²) in [5.41, 5.74) is 4.57. The molecule has 3 aromatic rings. The normalized spacial score (nSPS) is 13.1. The zero-order valence-corrected chi connectivity index (χ0v) is 13.7. The zero-order valence-electron chi connectivity index (χ0n) is 13.7. The van der Waals surface area contributed by atoms with Crippen LogP contribution in [0.15, 0.2) is 67.0 Å². The summed E-state index contributed by atoms with van der Waals surface area (Å²) < 4.78 is 0. The highest BCUT2D eigenvalue weighted by Gasteiger charge is 2.27. The first-order chi connectivity index (χ1) is 12.1. The minimum Gasteiger partial charge on any atom is -0.346 e. The quantitative estimate of drug-likeness (QED) is 0.622. The number of aromatic nitrogens is 1. The monoisotopic (exact) mass is 328 g/mol. The van der Waals surface area contributed by atoms with Crippen LogP contribution in [0.25, 0.3) is 11.1 Å². The van der Waals surface area contributed by atoms with E-state index in [2.05, 4.69) is 10.3 Å². The second kappa shape index (κ2) is 5.98. The van der Waals surface area contributed by atoms with Gasteiger partial charge < -0.3 is 5.32 Å². The molecular weight excluding hydrogens is 312 g/mol. The molecule has 1 atom stereocenters. The molecule has 0 spiro atoms. The van der Waals surface area contributed by atoms with Gasteiger partial charge in [0.2, 0.25) is 0 Å². The molecule has 1 aliphatic carbocycles. The summed E-state index contributed by atoms with van der Waals surface area (Å²) in [5, 5.41) is 2.96. The summed E-state index contributed by atoms with van der Waals surface area (Å²) in [4.78, 5) is 29.1. The Bertz CT molecular complexity index is 980. The topological polar surface area (TPSA) is 59.1 Å². The average Bonchev–Trinajstić information content (AvgIpc) is 2.95. The van der Waals surface area contributed by atoms with E-state index in [1.165, 1.54) is 0 Å². The van der Waals surface area contributed by atoms with Gasteiger partial charge in [0.1, 0.15) is 0 Å². The number of hydrogen-bond donors (Lipinski definition) is 1. The molecule has 0 bridgehead atoms. The van der Waals surface area contributed by atoms with Crippen LogP contribution < -0.4 is 5.32 Å². The molecule has 0 aliphatic heterocycles. The van der Waals surface area contributed by atoms with Crippen LogP contribution in [-0.4, -0.2) is 16.7 Å². The van der Waals surface area contributed by atoms with Gasteiger partial charge in [0, 0.05) is 29.1 Å². The Morgan fingerprint density at radius 2 is 1.60 bits per heavy atom. The summed E-state index contributed by atoms with van der Waals surface area (Å²) in [6.07, 6.45) is 3.40. The molecule has 25 heavy (non-hydrogen) atoms. The number of carbonyl (C=O) groups excluding carboxylic acids is 2. The molecule has 0 saturated carbocycles. The van der Waals surface area contributed by atoms with Gasteiger partial charge in [-0.15, -0.1) is 0 Å². The molecule has 1 N–H and O–H groups in total. The second-order valence-corrected chi connectivity index (χ2v) is 6.11. The number of nitrogens with one attached hydrogen (secondary N) is 1. The lowest BCUT2D eigenvalue weighted by Crippen LogP contribution is -2.26. The van der Waals surface area contributed by atoms with E-state index in [0.717, 1.165) is 16.7 Å². The molecule has 0 fully saturated rings. The highest BCUT2D eigenvalue weighted by Crippen LogP contribution is 2.36. The number of fused-ring (bicyclic) bond motifs is 3. The summed E-state index contributed by atoms with van der Waals surface area (Å²) in [5.74, 6) is -0.224. The Balaban J connectivity index is 1.61. The van der Waals surface area contributed by atoms with E-state index in [-0.39, 0.29) is 17.7 Å². The van der Waals surface area contributed by atoms with Gasteiger partial charge in [0.15, 0.2) is 5.78 Å². The van der Waals surface area contributed by atoms with Crippen LogP contribution in [0.2, 0.25) is 0 Å². The number of amides is 1. The number of hydrogen-bond acceptors (Lipinski definition) is 3. The lowest BCUT2D eigenvalue weighted by Gasteiger charge is -2.14. The average molecular weight is 328 g/mol. The molecule has 122 valence electrons. The fraction of sp³-hybridized carbons (Fsp3) is 0.0952. The Morgan fingerprint density at radius 3 is 2.36 bits per heavy atom. The van der Waals surface area contributed by atoms with Crippen molar-refractivity contribution in [3.63, 3.8) is 0 Å². The van der Waals surface area contributed by atoms with Crippen molar-refractivity contribution in [2.75, 3.05) is 0 Å². The van der Waals surface area contributed by atoms with Crippen molar-refractivity contribution < 1.29 is 9.59 Å². The van der Waals surface area contributed by atoms with Crippen molar-refractivity contribution in [2.24, 2.45) is 0 Å². The van der Waals surface area contributed by atoms with E-state index in [9.17, 15) is 9.59 Å². The third kappa shape index (κ3) is 2.62. The first-order valence-corrected chi connectivity index (χ1v) is 8.14. The van der Waals surface area contributed by atoms with Gasteiger partial charge in [0.25, 0.3) is 5.91 Å². The predicted octanol–water partition coefficient (Wildman–Crippen LogP) is 3.78. The van der Waals surface area contributed by atoms with Gasteiger partial charge in [-0.3, -0.25) is 14.6 Å². The van der Waals surface area contributed by atoms with E-state index in [0.29, 0.717) is 16.7 Å². The van der Waals surface area contributed by atoms with E-state index in [1.807, 2.05) is 49.4 Å². The SMILES string of the molecule is CC(NC(=O)c1ccc2c(c1)C(=O)c1ccccc1-2)c1ccncc1. The van der Waals surface area contributed by atoms with E-state index >= 15 is 0 Å². The highest BCUT2D eigenvalue weighted by molar-refractivity contribution is 6.22. The minimum atomic E-state index is -0.198. The highest BCUT2D eigenvalue weighted by atomic mass is 16.1. The van der Waals surface area contributed by atoms with Crippen LogP contribution in [0, 0.1) is 0 Å². The number of nitrogens with zero attached hydrogens (tertiary/aromatic N) is 1. The maximum atomic E-state index is 12.6. The molecule has 4 nitrogen and oxygen atoms in total. The molecule has 4 rings (SSSR count). The summed E-state index contributed by atoms with van der Waals surface area (Å²) >= 11 is 0. The van der Waals surface area contributed by atoms with Gasteiger partial charge in [-0.05, 0) is 47.9 Å². The molecule has 1 amide bonds. The summed E-state index contributed by atoms with van der Waals surface area (Å²) in [6.45, 7) is 1.92. The van der Waals surface area contributed by atoms with Gasteiger partial charge in [0.05, 0.1) is 6.04 Å².